The van der Waals surface area contributed by atoms with E-state index in [0.717, 1.165) is 17.8 Å². The van der Waals surface area contributed by atoms with Gasteiger partial charge < -0.3 is 5.11 Å². The summed E-state index contributed by atoms with van der Waals surface area (Å²) < 4.78 is 1.93. The molecule has 14 heavy (non-hydrogen) atoms. The maximum Gasteiger partial charge on any atom is 0.0759 e. The lowest BCUT2D eigenvalue weighted by atomic mass is 10.1. The molecule has 0 bridgehead atoms. The molecule has 0 aromatic carbocycles. The van der Waals surface area contributed by atoms with Crippen LogP contribution in [0.1, 0.15) is 43.3 Å². The van der Waals surface area contributed by atoms with E-state index in [0.29, 0.717) is 0 Å². The van der Waals surface area contributed by atoms with E-state index in [-0.39, 0.29) is 12.1 Å². The standard InChI is InChI=1S/C11H20N2O/c1-6-11(14)10(5)13-9(4)7(2)8(3)12-13/h10-11,14H,6H2,1-5H3. The highest BCUT2D eigenvalue weighted by Gasteiger charge is 2.18. The Morgan fingerprint density at radius 2 is 1.93 bits per heavy atom. The topological polar surface area (TPSA) is 38.0 Å². The molecule has 80 valence electrons. The van der Waals surface area contributed by atoms with Crippen LogP contribution in [0.2, 0.25) is 0 Å². The zero-order valence-electron chi connectivity index (χ0n) is 9.70. The first-order valence-electron chi connectivity index (χ1n) is 5.19. The number of aliphatic hydroxyl groups is 1. The average molecular weight is 196 g/mol. The number of rotatable bonds is 3. The molecule has 0 saturated heterocycles. The Labute approximate surface area is 85.8 Å². The van der Waals surface area contributed by atoms with E-state index in [1.54, 1.807) is 0 Å². The molecule has 0 aliphatic carbocycles. The molecule has 3 heteroatoms. The van der Waals surface area contributed by atoms with Crippen molar-refractivity contribution in [3.63, 3.8) is 0 Å². The summed E-state index contributed by atoms with van der Waals surface area (Å²) in [4.78, 5) is 0. The lowest BCUT2D eigenvalue weighted by Gasteiger charge is -2.19. The normalized spacial score (nSPS) is 15.6. The number of hydrogen-bond donors (Lipinski definition) is 1. The lowest BCUT2D eigenvalue weighted by molar-refractivity contribution is 0.109. The van der Waals surface area contributed by atoms with Crippen LogP contribution in [0.4, 0.5) is 0 Å². The third-order valence-corrected chi connectivity index (χ3v) is 3.05. The second kappa shape index (κ2) is 4.13. The Morgan fingerprint density at radius 3 is 2.29 bits per heavy atom. The molecule has 1 rings (SSSR count). The molecule has 0 fully saturated rings. The predicted molar refractivity (Wildman–Crippen MR) is 57.4 cm³/mol. The Balaban J connectivity index is 3.01. The largest absolute Gasteiger partial charge is 0.391 e. The van der Waals surface area contributed by atoms with E-state index in [1.807, 2.05) is 32.4 Å². The highest BCUT2D eigenvalue weighted by molar-refractivity contribution is 5.22. The van der Waals surface area contributed by atoms with Crippen LogP contribution in [-0.4, -0.2) is 21.0 Å². The van der Waals surface area contributed by atoms with Crippen molar-refractivity contribution >= 4 is 0 Å². The average Bonchev–Trinajstić information content (AvgIpc) is 2.43. The molecule has 0 amide bonds. The van der Waals surface area contributed by atoms with Crippen LogP contribution in [-0.2, 0) is 0 Å². The number of hydrogen-bond acceptors (Lipinski definition) is 2. The zero-order valence-corrected chi connectivity index (χ0v) is 9.70. The van der Waals surface area contributed by atoms with Gasteiger partial charge in [0.25, 0.3) is 0 Å². The summed E-state index contributed by atoms with van der Waals surface area (Å²) in [5.74, 6) is 0. The van der Waals surface area contributed by atoms with Gasteiger partial charge in [-0.3, -0.25) is 4.68 Å². The van der Waals surface area contributed by atoms with Gasteiger partial charge >= 0.3 is 0 Å². The van der Waals surface area contributed by atoms with Gasteiger partial charge in [-0.15, -0.1) is 0 Å². The molecule has 0 saturated carbocycles. The summed E-state index contributed by atoms with van der Waals surface area (Å²) in [6.07, 6.45) is 0.450. The van der Waals surface area contributed by atoms with Crippen molar-refractivity contribution in [1.29, 1.82) is 0 Å². The number of aliphatic hydroxyl groups excluding tert-OH is 1. The number of aryl methyl sites for hydroxylation is 1. The Morgan fingerprint density at radius 1 is 1.36 bits per heavy atom. The summed E-state index contributed by atoms with van der Waals surface area (Å²) in [5, 5.41) is 14.2. The molecule has 2 atom stereocenters. The molecule has 1 aromatic rings. The minimum Gasteiger partial charge on any atom is -0.391 e. The van der Waals surface area contributed by atoms with Crippen molar-refractivity contribution in [2.45, 2.75) is 53.2 Å². The Kier molecular flexibility index (Phi) is 3.32. The molecule has 1 aromatic heterocycles. The zero-order chi connectivity index (χ0) is 10.9. The summed E-state index contributed by atoms with van der Waals surface area (Å²) in [5.41, 5.74) is 3.43. The fourth-order valence-electron chi connectivity index (χ4n) is 1.65. The van der Waals surface area contributed by atoms with Crippen LogP contribution < -0.4 is 0 Å². The van der Waals surface area contributed by atoms with Crippen molar-refractivity contribution < 1.29 is 5.11 Å². The van der Waals surface area contributed by atoms with Crippen LogP contribution in [0, 0.1) is 20.8 Å². The summed E-state index contributed by atoms with van der Waals surface area (Å²) in [7, 11) is 0. The van der Waals surface area contributed by atoms with Crippen molar-refractivity contribution in [3.8, 4) is 0 Å². The second-order valence-corrected chi connectivity index (χ2v) is 3.96. The number of aromatic nitrogens is 2. The van der Waals surface area contributed by atoms with Crippen LogP contribution in [0.3, 0.4) is 0 Å². The van der Waals surface area contributed by atoms with Crippen LogP contribution in [0.15, 0.2) is 0 Å². The third kappa shape index (κ3) is 1.82. The minimum absolute atomic E-state index is 0.0624. The van der Waals surface area contributed by atoms with E-state index >= 15 is 0 Å². The molecule has 2 unspecified atom stereocenters. The van der Waals surface area contributed by atoms with Gasteiger partial charge in [-0.1, -0.05) is 6.92 Å². The highest BCUT2D eigenvalue weighted by atomic mass is 16.3. The van der Waals surface area contributed by atoms with Crippen molar-refractivity contribution in [1.82, 2.24) is 9.78 Å². The monoisotopic (exact) mass is 196 g/mol. The Hall–Kier alpha value is -0.830. The fourth-order valence-corrected chi connectivity index (χ4v) is 1.65. The van der Waals surface area contributed by atoms with Crippen molar-refractivity contribution in [2.75, 3.05) is 0 Å². The van der Waals surface area contributed by atoms with E-state index in [4.69, 9.17) is 0 Å². The first-order valence-corrected chi connectivity index (χ1v) is 5.19. The van der Waals surface area contributed by atoms with E-state index in [2.05, 4.69) is 12.0 Å². The molecular formula is C11H20N2O. The van der Waals surface area contributed by atoms with Gasteiger partial charge in [0, 0.05) is 5.69 Å². The van der Waals surface area contributed by atoms with Gasteiger partial charge in [-0.05, 0) is 39.7 Å². The smallest absolute Gasteiger partial charge is 0.0759 e. The predicted octanol–water partition coefficient (Wildman–Crippen LogP) is 2.14. The van der Waals surface area contributed by atoms with Gasteiger partial charge in [0.1, 0.15) is 0 Å². The molecule has 1 N–H and O–H groups in total. The minimum atomic E-state index is -0.313. The maximum atomic E-state index is 9.74. The van der Waals surface area contributed by atoms with Gasteiger partial charge in [0.15, 0.2) is 0 Å². The van der Waals surface area contributed by atoms with Crippen LogP contribution >= 0.6 is 0 Å². The molecule has 3 nitrogen and oxygen atoms in total. The molecule has 1 heterocycles. The van der Waals surface area contributed by atoms with E-state index in [1.165, 1.54) is 5.56 Å². The summed E-state index contributed by atoms with van der Waals surface area (Å²) >= 11 is 0. The fraction of sp³-hybridized carbons (Fsp3) is 0.727. The quantitative estimate of drug-likeness (QED) is 0.804. The van der Waals surface area contributed by atoms with Gasteiger partial charge in [0.05, 0.1) is 17.8 Å². The maximum absolute atomic E-state index is 9.74. The summed E-state index contributed by atoms with van der Waals surface area (Å²) in [6, 6.07) is 0.0624. The number of nitrogens with zero attached hydrogens (tertiary/aromatic N) is 2. The first kappa shape index (κ1) is 11.2. The molecular weight excluding hydrogens is 176 g/mol. The lowest BCUT2D eigenvalue weighted by Crippen LogP contribution is -2.22. The van der Waals surface area contributed by atoms with Crippen LogP contribution in [0.25, 0.3) is 0 Å². The Bertz CT molecular complexity index is 317. The second-order valence-electron chi connectivity index (χ2n) is 3.96. The van der Waals surface area contributed by atoms with Gasteiger partial charge in [-0.2, -0.15) is 5.10 Å². The summed E-state index contributed by atoms with van der Waals surface area (Å²) in [6.45, 7) is 10.1. The molecule has 0 aliphatic heterocycles. The highest BCUT2D eigenvalue weighted by Crippen LogP contribution is 2.19. The molecule has 0 radical (unpaired) electrons. The first-order chi connectivity index (χ1) is 6.49. The third-order valence-electron chi connectivity index (χ3n) is 3.05. The molecule has 0 aliphatic rings. The van der Waals surface area contributed by atoms with E-state index in [9.17, 15) is 5.11 Å². The SMILES string of the molecule is CCC(O)C(C)n1nc(C)c(C)c1C. The van der Waals surface area contributed by atoms with Crippen molar-refractivity contribution in [3.05, 3.63) is 17.0 Å². The van der Waals surface area contributed by atoms with E-state index < -0.39 is 0 Å². The van der Waals surface area contributed by atoms with Crippen LogP contribution in [0.5, 0.6) is 0 Å². The van der Waals surface area contributed by atoms with Gasteiger partial charge in [0.2, 0.25) is 0 Å². The molecule has 0 spiro atoms. The van der Waals surface area contributed by atoms with Gasteiger partial charge in [-0.25, -0.2) is 0 Å². The van der Waals surface area contributed by atoms with Crippen molar-refractivity contribution in [2.24, 2.45) is 0 Å².